The summed E-state index contributed by atoms with van der Waals surface area (Å²) in [6, 6.07) is 12.3. The zero-order chi connectivity index (χ0) is 20.9. The Bertz CT molecular complexity index is 854. The van der Waals surface area contributed by atoms with Crippen LogP contribution in [0.15, 0.2) is 48.5 Å². The third-order valence-corrected chi connectivity index (χ3v) is 5.16. The van der Waals surface area contributed by atoms with E-state index in [0.29, 0.717) is 43.2 Å². The summed E-state index contributed by atoms with van der Waals surface area (Å²) in [5.74, 6) is 3.28. The first-order chi connectivity index (χ1) is 13.8. The van der Waals surface area contributed by atoms with E-state index >= 15 is 0 Å². The number of benzene rings is 2. The van der Waals surface area contributed by atoms with Gasteiger partial charge in [0.1, 0.15) is 18.1 Å². The molecule has 2 aromatic rings. The maximum Gasteiger partial charge on any atom is 0.419 e. The van der Waals surface area contributed by atoms with Crippen LogP contribution in [0.1, 0.15) is 18.4 Å². The van der Waals surface area contributed by atoms with Gasteiger partial charge in [-0.2, -0.15) is 13.2 Å². The molecule has 1 aliphatic rings. The maximum atomic E-state index is 13.0. The molecule has 3 nitrogen and oxygen atoms in total. The summed E-state index contributed by atoms with van der Waals surface area (Å²) >= 11 is 5.89. The quantitative estimate of drug-likeness (QED) is 0.590. The minimum absolute atomic E-state index is 0.152. The van der Waals surface area contributed by atoms with Crippen LogP contribution in [-0.2, 0) is 6.18 Å². The van der Waals surface area contributed by atoms with Gasteiger partial charge in [0.2, 0.25) is 0 Å². The number of nitrogens with zero attached hydrogens (tertiary/aromatic N) is 1. The van der Waals surface area contributed by atoms with E-state index in [4.69, 9.17) is 27.5 Å². The lowest BCUT2D eigenvalue weighted by Gasteiger charge is -2.38. The second kappa shape index (κ2) is 8.98. The fourth-order valence-electron chi connectivity index (χ4n) is 3.25. The molecule has 0 saturated carbocycles. The number of terminal acetylenes is 1. The third-order valence-electron chi connectivity index (χ3n) is 4.91. The van der Waals surface area contributed by atoms with Crippen LogP contribution in [0, 0.1) is 12.3 Å². The monoisotopic (exact) mass is 423 g/mol. The van der Waals surface area contributed by atoms with Crippen LogP contribution in [0.2, 0.25) is 5.02 Å². The number of piperidine rings is 1. The molecule has 0 unspecified atom stereocenters. The largest absolute Gasteiger partial charge is 0.492 e. The second-order valence-corrected chi connectivity index (χ2v) is 7.32. The van der Waals surface area contributed by atoms with Crippen molar-refractivity contribution in [3.05, 3.63) is 59.1 Å². The van der Waals surface area contributed by atoms with Gasteiger partial charge in [0, 0.05) is 37.5 Å². The van der Waals surface area contributed by atoms with Crippen LogP contribution in [-0.4, -0.2) is 36.7 Å². The van der Waals surface area contributed by atoms with Crippen LogP contribution in [0.5, 0.6) is 11.5 Å². The molecule has 1 fully saturated rings. The van der Waals surface area contributed by atoms with E-state index in [1.807, 2.05) is 0 Å². The highest BCUT2D eigenvalue weighted by molar-refractivity contribution is 6.30. The first-order valence-electron chi connectivity index (χ1n) is 9.25. The number of alkyl halides is 3. The van der Waals surface area contributed by atoms with Gasteiger partial charge in [-0.15, -0.1) is 6.42 Å². The smallest absolute Gasteiger partial charge is 0.419 e. The fraction of sp³-hybridized carbons (Fsp3) is 0.364. The van der Waals surface area contributed by atoms with Crippen molar-refractivity contribution in [1.29, 1.82) is 0 Å². The Balaban J connectivity index is 1.51. The van der Waals surface area contributed by atoms with Crippen molar-refractivity contribution in [3.8, 4) is 23.8 Å². The summed E-state index contributed by atoms with van der Waals surface area (Å²) in [4.78, 5) is 2.11. The van der Waals surface area contributed by atoms with E-state index in [-0.39, 0.29) is 12.4 Å². The molecular weight excluding hydrogens is 403 g/mol. The number of para-hydroxylation sites is 1. The number of ether oxygens (including phenoxy) is 2. The van der Waals surface area contributed by atoms with E-state index in [1.165, 1.54) is 18.2 Å². The van der Waals surface area contributed by atoms with Crippen molar-refractivity contribution < 1.29 is 22.6 Å². The zero-order valence-corrected chi connectivity index (χ0v) is 16.5. The maximum absolute atomic E-state index is 13.0. The average molecular weight is 424 g/mol. The highest BCUT2D eigenvalue weighted by Gasteiger charge is 2.36. The molecule has 0 bridgehead atoms. The summed E-state index contributed by atoms with van der Waals surface area (Å²) in [6.45, 7) is 2.01. The van der Waals surface area contributed by atoms with E-state index < -0.39 is 17.3 Å². The number of hydrogen-bond donors (Lipinski definition) is 0. The molecular formula is C22H21ClF3NO2. The Morgan fingerprint density at radius 1 is 1.07 bits per heavy atom. The third kappa shape index (κ3) is 5.59. The van der Waals surface area contributed by atoms with Crippen LogP contribution < -0.4 is 9.47 Å². The van der Waals surface area contributed by atoms with E-state index in [0.717, 1.165) is 6.07 Å². The van der Waals surface area contributed by atoms with Gasteiger partial charge in [-0.3, -0.25) is 4.90 Å². The summed E-state index contributed by atoms with van der Waals surface area (Å²) in [5, 5.41) is 0.619. The highest BCUT2D eigenvalue weighted by atomic mass is 35.5. The minimum atomic E-state index is -4.44. The Morgan fingerprint density at radius 3 is 2.34 bits per heavy atom. The molecule has 1 saturated heterocycles. The van der Waals surface area contributed by atoms with Crippen LogP contribution >= 0.6 is 11.6 Å². The first kappa shape index (κ1) is 21.4. The van der Waals surface area contributed by atoms with Gasteiger partial charge in [0.05, 0.1) is 5.56 Å². The minimum Gasteiger partial charge on any atom is -0.492 e. The van der Waals surface area contributed by atoms with E-state index in [9.17, 15) is 13.2 Å². The molecule has 3 rings (SSSR count). The summed E-state index contributed by atoms with van der Waals surface area (Å²) in [7, 11) is 0. The van der Waals surface area contributed by atoms with Crippen molar-refractivity contribution >= 4 is 11.6 Å². The van der Waals surface area contributed by atoms with Gasteiger partial charge < -0.3 is 9.47 Å². The zero-order valence-electron chi connectivity index (χ0n) is 15.7. The lowest BCUT2D eigenvalue weighted by Crippen LogP contribution is -2.48. The molecule has 0 amide bonds. The van der Waals surface area contributed by atoms with Gasteiger partial charge in [0.25, 0.3) is 0 Å². The molecule has 0 spiro atoms. The molecule has 0 radical (unpaired) electrons. The summed E-state index contributed by atoms with van der Waals surface area (Å²) < 4.78 is 50.5. The first-order valence-corrected chi connectivity index (χ1v) is 9.63. The van der Waals surface area contributed by atoms with Crippen molar-refractivity contribution in [3.63, 3.8) is 0 Å². The normalized spacial score (nSPS) is 16.8. The standard InChI is InChI=1S/C22H21ClF3NO2/c1-2-21(29-18-9-7-17(23)8-10-18)11-13-27(14-12-21)15-16-28-20-6-4-3-5-19(20)22(24,25)26/h1,3-10H,11-16H2. The molecule has 29 heavy (non-hydrogen) atoms. The molecule has 0 aromatic heterocycles. The molecule has 1 heterocycles. The lowest BCUT2D eigenvalue weighted by atomic mass is 9.92. The lowest BCUT2D eigenvalue weighted by molar-refractivity contribution is -0.139. The van der Waals surface area contributed by atoms with Crippen molar-refractivity contribution in [1.82, 2.24) is 4.90 Å². The molecule has 0 atom stereocenters. The Morgan fingerprint density at radius 2 is 1.72 bits per heavy atom. The number of halogens is 4. The Hall–Kier alpha value is -2.36. The predicted octanol–water partition coefficient (Wildman–Crippen LogP) is 5.28. The van der Waals surface area contributed by atoms with Gasteiger partial charge in [-0.1, -0.05) is 29.7 Å². The Labute approximate surface area is 173 Å². The number of rotatable bonds is 6. The number of hydrogen-bond acceptors (Lipinski definition) is 3. The Kier molecular flexibility index (Phi) is 6.61. The van der Waals surface area contributed by atoms with Crippen molar-refractivity contribution in [2.24, 2.45) is 0 Å². The molecule has 1 aliphatic heterocycles. The molecule has 7 heteroatoms. The fourth-order valence-corrected chi connectivity index (χ4v) is 3.38. The van der Waals surface area contributed by atoms with Gasteiger partial charge in [0.15, 0.2) is 5.60 Å². The second-order valence-electron chi connectivity index (χ2n) is 6.88. The molecule has 0 N–H and O–H groups in total. The van der Waals surface area contributed by atoms with Crippen molar-refractivity contribution in [2.45, 2.75) is 24.6 Å². The van der Waals surface area contributed by atoms with Gasteiger partial charge in [-0.25, -0.2) is 0 Å². The summed E-state index contributed by atoms with van der Waals surface area (Å²) in [5.41, 5.74) is -1.46. The van der Waals surface area contributed by atoms with Gasteiger partial charge in [-0.05, 0) is 36.4 Å². The highest BCUT2D eigenvalue weighted by Crippen LogP contribution is 2.36. The molecule has 154 valence electrons. The molecule has 2 aromatic carbocycles. The van der Waals surface area contributed by atoms with Gasteiger partial charge >= 0.3 is 6.18 Å². The predicted molar refractivity (Wildman–Crippen MR) is 106 cm³/mol. The topological polar surface area (TPSA) is 21.7 Å². The van der Waals surface area contributed by atoms with Crippen LogP contribution in [0.4, 0.5) is 13.2 Å². The average Bonchev–Trinajstić information content (AvgIpc) is 2.71. The number of likely N-dealkylation sites (tertiary alicyclic amines) is 1. The summed E-state index contributed by atoms with van der Waals surface area (Å²) in [6.07, 6.45) is 2.54. The van der Waals surface area contributed by atoms with Crippen molar-refractivity contribution in [2.75, 3.05) is 26.2 Å². The van der Waals surface area contributed by atoms with E-state index in [2.05, 4.69) is 10.8 Å². The SMILES string of the molecule is C#CC1(Oc2ccc(Cl)cc2)CCN(CCOc2ccccc2C(F)(F)F)CC1. The van der Waals surface area contributed by atoms with Crippen LogP contribution in [0.25, 0.3) is 0 Å². The van der Waals surface area contributed by atoms with Crippen LogP contribution in [0.3, 0.4) is 0 Å². The van der Waals surface area contributed by atoms with E-state index in [1.54, 1.807) is 24.3 Å². The molecule has 0 aliphatic carbocycles.